The van der Waals surface area contributed by atoms with E-state index in [0.29, 0.717) is 11.1 Å². The summed E-state index contributed by atoms with van der Waals surface area (Å²) >= 11 is 0. The van der Waals surface area contributed by atoms with Gasteiger partial charge in [-0.2, -0.15) is 0 Å². The maximum absolute atomic E-state index is 11.4. The lowest BCUT2D eigenvalue weighted by atomic mass is 9.97. The molecule has 0 fully saturated rings. The van der Waals surface area contributed by atoms with Gasteiger partial charge in [-0.25, -0.2) is 5.43 Å². The Bertz CT molecular complexity index is 644. The molecule has 0 bridgehead atoms. The van der Waals surface area contributed by atoms with Crippen molar-refractivity contribution in [1.29, 1.82) is 0 Å². The highest BCUT2D eigenvalue weighted by Gasteiger charge is 2.21. The second kappa shape index (κ2) is 8.12. The number of hydrazine groups is 1. The molecule has 2 atom stereocenters. The first-order valence-corrected chi connectivity index (χ1v) is 7.28. The van der Waals surface area contributed by atoms with E-state index in [2.05, 4.69) is 17.4 Å². The van der Waals surface area contributed by atoms with Crippen molar-refractivity contribution in [2.24, 2.45) is 0 Å². The van der Waals surface area contributed by atoms with E-state index in [1.165, 1.54) is 0 Å². The van der Waals surface area contributed by atoms with Crippen LogP contribution in [0, 0.1) is 0 Å². The van der Waals surface area contributed by atoms with Crippen LogP contribution in [0.25, 0.3) is 0 Å². The molecule has 2 aromatic carbocycles. The number of hydrogen-bond donors (Lipinski definition) is 4. The van der Waals surface area contributed by atoms with Crippen molar-refractivity contribution in [3.05, 3.63) is 78.4 Å². The lowest BCUT2D eigenvalue weighted by Gasteiger charge is -2.20. The van der Waals surface area contributed by atoms with Crippen LogP contribution in [0.5, 0.6) is 0 Å². The van der Waals surface area contributed by atoms with Crippen molar-refractivity contribution in [3.63, 3.8) is 0 Å². The maximum atomic E-state index is 11.4. The number of carbonyl (C=O) groups is 1. The number of nitrogens with one attached hydrogen (secondary N) is 2. The number of carboxylic acid groups (broad SMARTS) is 1. The summed E-state index contributed by atoms with van der Waals surface area (Å²) in [5, 5.41) is 19.6. The normalized spacial score (nSPS) is 13.1. The molecule has 0 radical (unpaired) electrons. The van der Waals surface area contributed by atoms with E-state index in [4.69, 9.17) is 0 Å². The summed E-state index contributed by atoms with van der Waals surface area (Å²) in [6.45, 7) is 3.83. The fourth-order valence-corrected chi connectivity index (χ4v) is 2.14. The van der Waals surface area contributed by atoms with Crippen LogP contribution in [0.4, 0.5) is 5.69 Å². The Morgan fingerprint density at radius 1 is 1.04 bits per heavy atom. The molecule has 0 aliphatic heterocycles. The summed E-state index contributed by atoms with van der Waals surface area (Å²) in [6.07, 6.45) is -0.790. The molecular weight excluding hydrogens is 292 g/mol. The van der Waals surface area contributed by atoms with Gasteiger partial charge in [-0.1, -0.05) is 55.1 Å². The monoisotopic (exact) mass is 312 g/mol. The van der Waals surface area contributed by atoms with Gasteiger partial charge in [0.2, 0.25) is 0 Å². The van der Waals surface area contributed by atoms with E-state index in [1.807, 2.05) is 48.5 Å². The van der Waals surface area contributed by atoms with Crippen molar-refractivity contribution >= 4 is 11.7 Å². The quantitative estimate of drug-likeness (QED) is 0.445. The van der Waals surface area contributed by atoms with Crippen molar-refractivity contribution in [2.45, 2.75) is 18.6 Å². The Hall–Kier alpha value is -2.63. The fraction of sp³-hybridized carbons (Fsp3) is 0.167. The molecule has 2 rings (SSSR count). The van der Waals surface area contributed by atoms with E-state index in [0.717, 1.165) is 5.69 Å². The smallest absolute Gasteiger partial charge is 0.322 e. The molecule has 2 aromatic rings. The molecule has 0 aliphatic rings. The molecule has 0 aliphatic carbocycles. The van der Waals surface area contributed by atoms with Gasteiger partial charge in [-0.3, -0.25) is 4.79 Å². The van der Waals surface area contributed by atoms with E-state index >= 15 is 0 Å². The van der Waals surface area contributed by atoms with Crippen LogP contribution in [0.2, 0.25) is 0 Å². The standard InChI is InChI=1S/C18H20N2O3/c1-13(17(21)14-8-4-2-5-9-14)12-16(18(22)23)20-19-15-10-6-3-7-11-15/h2-11,16-17,19-21H,1,12H2,(H,22,23). The fourth-order valence-electron chi connectivity index (χ4n) is 2.14. The summed E-state index contributed by atoms with van der Waals surface area (Å²) in [4.78, 5) is 11.4. The molecule has 5 nitrogen and oxygen atoms in total. The third kappa shape index (κ3) is 4.95. The van der Waals surface area contributed by atoms with Gasteiger partial charge in [0.1, 0.15) is 6.04 Å². The number of hydrogen-bond acceptors (Lipinski definition) is 4. The Morgan fingerprint density at radius 3 is 2.17 bits per heavy atom. The van der Waals surface area contributed by atoms with Crippen LogP contribution in [0.15, 0.2) is 72.8 Å². The van der Waals surface area contributed by atoms with Crippen LogP contribution in [-0.4, -0.2) is 22.2 Å². The van der Waals surface area contributed by atoms with Crippen LogP contribution in [0.3, 0.4) is 0 Å². The number of para-hydroxylation sites is 1. The summed E-state index contributed by atoms with van der Waals surface area (Å²) in [6, 6.07) is 17.3. The van der Waals surface area contributed by atoms with Crippen LogP contribution >= 0.6 is 0 Å². The number of aliphatic carboxylic acids is 1. The average molecular weight is 312 g/mol. The Morgan fingerprint density at radius 2 is 1.61 bits per heavy atom. The molecule has 0 aromatic heterocycles. The van der Waals surface area contributed by atoms with Gasteiger partial charge in [-0.15, -0.1) is 0 Å². The molecule has 2 unspecified atom stereocenters. The number of rotatable bonds is 8. The second-order valence-electron chi connectivity index (χ2n) is 5.20. The first-order valence-electron chi connectivity index (χ1n) is 7.28. The number of aliphatic hydroxyl groups is 1. The molecule has 5 heteroatoms. The second-order valence-corrected chi connectivity index (χ2v) is 5.20. The van der Waals surface area contributed by atoms with Crippen LogP contribution in [-0.2, 0) is 4.79 Å². The van der Waals surface area contributed by atoms with E-state index < -0.39 is 18.1 Å². The summed E-state index contributed by atoms with van der Waals surface area (Å²) in [5.74, 6) is -1.02. The van der Waals surface area contributed by atoms with Crippen molar-refractivity contribution < 1.29 is 15.0 Å². The number of benzene rings is 2. The Balaban J connectivity index is 1.96. The highest BCUT2D eigenvalue weighted by atomic mass is 16.4. The molecule has 0 saturated heterocycles. The number of aliphatic hydroxyl groups excluding tert-OH is 1. The van der Waals surface area contributed by atoms with Crippen LogP contribution < -0.4 is 10.9 Å². The first-order chi connectivity index (χ1) is 11.1. The minimum atomic E-state index is -1.02. The zero-order valence-electron chi connectivity index (χ0n) is 12.6. The lowest BCUT2D eigenvalue weighted by Crippen LogP contribution is -2.40. The summed E-state index contributed by atoms with van der Waals surface area (Å²) in [5.41, 5.74) is 7.49. The van der Waals surface area contributed by atoms with Gasteiger partial charge in [0.25, 0.3) is 0 Å². The largest absolute Gasteiger partial charge is 0.480 e. The zero-order chi connectivity index (χ0) is 16.7. The van der Waals surface area contributed by atoms with Gasteiger partial charge in [0, 0.05) is 5.69 Å². The average Bonchev–Trinajstić information content (AvgIpc) is 2.59. The molecule has 0 heterocycles. The Labute approximate surface area is 135 Å². The molecular formula is C18H20N2O3. The third-order valence-electron chi connectivity index (χ3n) is 3.43. The van der Waals surface area contributed by atoms with Crippen LogP contribution in [0.1, 0.15) is 18.1 Å². The minimum Gasteiger partial charge on any atom is -0.480 e. The van der Waals surface area contributed by atoms with E-state index in [-0.39, 0.29) is 6.42 Å². The van der Waals surface area contributed by atoms with Gasteiger partial charge in [-0.05, 0) is 29.7 Å². The zero-order valence-corrected chi connectivity index (χ0v) is 12.6. The highest BCUT2D eigenvalue weighted by Crippen LogP contribution is 2.23. The van der Waals surface area contributed by atoms with E-state index in [1.54, 1.807) is 12.1 Å². The highest BCUT2D eigenvalue weighted by molar-refractivity contribution is 5.74. The molecule has 120 valence electrons. The van der Waals surface area contributed by atoms with Gasteiger partial charge < -0.3 is 15.6 Å². The third-order valence-corrected chi connectivity index (χ3v) is 3.43. The van der Waals surface area contributed by atoms with Crippen molar-refractivity contribution in [1.82, 2.24) is 5.43 Å². The van der Waals surface area contributed by atoms with Gasteiger partial charge in [0.05, 0.1) is 6.10 Å². The topological polar surface area (TPSA) is 81.6 Å². The Kier molecular flexibility index (Phi) is 5.91. The summed E-state index contributed by atoms with van der Waals surface area (Å²) < 4.78 is 0. The molecule has 4 N–H and O–H groups in total. The van der Waals surface area contributed by atoms with Crippen molar-refractivity contribution in [2.75, 3.05) is 5.43 Å². The molecule has 0 saturated carbocycles. The SMILES string of the molecule is C=C(CC(NNc1ccccc1)C(=O)O)C(O)c1ccccc1. The van der Waals surface area contributed by atoms with Gasteiger partial charge >= 0.3 is 5.97 Å². The molecule has 0 amide bonds. The van der Waals surface area contributed by atoms with Crippen molar-refractivity contribution in [3.8, 4) is 0 Å². The lowest BCUT2D eigenvalue weighted by molar-refractivity contribution is -0.139. The summed E-state index contributed by atoms with van der Waals surface area (Å²) in [7, 11) is 0. The predicted molar refractivity (Wildman–Crippen MR) is 89.8 cm³/mol. The first kappa shape index (κ1) is 16.7. The van der Waals surface area contributed by atoms with Gasteiger partial charge in [0.15, 0.2) is 0 Å². The minimum absolute atomic E-state index is 0.102. The predicted octanol–water partition coefficient (Wildman–Crippen LogP) is 2.74. The maximum Gasteiger partial charge on any atom is 0.322 e. The van der Waals surface area contributed by atoms with E-state index in [9.17, 15) is 15.0 Å². The molecule has 0 spiro atoms. The number of carboxylic acids is 1. The molecule has 23 heavy (non-hydrogen) atoms. The number of anilines is 1.